The van der Waals surface area contributed by atoms with Crippen molar-refractivity contribution < 1.29 is 13.2 Å². The summed E-state index contributed by atoms with van der Waals surface area (Å²) < 4.78 is 36.4. The van der Waals surface area contributed by atoms with Gasteiger partial charge >= 0.3 is 5.51 Å². The lowest BCUT2D eigenvalue weighted by Gasteiger charge is -2.37. The van der Waals surface area contributed by atoms with Crippen molar-refractivity contribution in [1.82, 2.24) is 0 Å². The molecule has 2 N–H and O–H groups in total. The summed E-state index contributed by atoms with van der Waals surface area (Å²) in [5, 5.41) is 0. The van der Waals surface area contributed by atoms with Crippen LogP contribution in [-0.4, -0.2) is 17.8 Å². The van der Waals surface area contributed by atoms with Crippen LogP contribution < -0.4 is 5.73 Å². The molecule has 18 heavy (non-hydrogen) atoms. The number of nitrogens with two attached hydrogens (primary N) is 1. The molecule has 1 fully saturated rings. The average Bonchev–Trinajstić information content (AvgIpc) is 2.27. The Bertz CT molecular complexity index is 243. The lowest BCUT2D eigenvalue weighted by atomic mass is 9.70. The summed E-state index contributed by atoms with van der Waals surface area (Å²) >= 11 is 0.109. The second-order valence-electron chi connectivity index (χ2n) is 5.66. The molecular formula is C13H24F3NS. The van der Waals surface area contributed by atoms with Gasteiger partial charge in [-0.25, -0.2) is 0 Å². The van der Waals surface area contributed by atoms with Gasteiger partial charge in [-0.15, -0.1) is 0 Å². The summed E-state index contributed by atoms with van der Waals surface area (Å²) in [6.07, 6.45) is 3.97. The Kier molecular flexibility index (Phi) is 6.31. The van der Waals surface area contributed by atoms with Crippen molar-refractivity contribution in [2.45, 2.75) is 45.0 Å². The molecular weight excluding hydrogens is 259 g/mol. The Hall–Kier alpha value is 0.100. The zero-order valence-corrected chi connectivity index (χ0v) is 12.0. The highest BCUT2D eigenvalue weighted by atomic mass is 32.2. The Morgan fingerprint density at radius 3 is 2.39 bits per heavy atom. The molecule has 0 saturated heterocycles. The minimum atomic E-state index is -4.09. The molecule has 0 aliphatic heterocycles. The van der Waals surface area contributed by atoms with Gasteiger partial charge in [0.1, 0.15) is 0 Å². The smallest absolute Gasteiger partial charge is 0.330 e. The van der Waals surface area contributed by atoms with Crippen molar-refractivity contribution in [3.05, 3.63) is 0 Å². The van der Waals surface area contributed by atoms with Crippen LogP contribution in [0.1, 0.15) is 39.5 Å². The third-order valence-corrected chi connectivity index (χ3v) is 4.95. The summed E-state index contributed by atoms with van der Waals surface area (Å²) in [5.41, 5.74) is 1.65. The first kappa shape index (κ1) is 16.2. The predicted octanol–water partition coefficient (Wildman–Crippen LogP) is 4.28. The highest BCUT2D eigenvalue weighted by molar-refractivity contribution is 8.00. The quantitative estimate of drug-likeness (QED) is 0.815. The molecule has 0 amide bonds. The molecule has 0 aromatic heterocycles. The van der Waals surface area contributed by atoms with E-state index in [2.05, 4.69) is 13.8 Å². The molecule has 1 aliphatic rings. The van der Waals surface area contributed by atoms with Crippen LogP contribution in [0.5, 0.6) is 0 Å². The van der Waals surface area contributed by atoms with Crippen LogP contribution in [-0.2, 0) is 0 Å². The van der Waals surface area contributed by atoms with Gasteiger partial charge in [0.15, 0.2) is 0 Å². The van der Waals surface area contributed by atoms with Crippen molar-refractivity contribution in [2.75, 3.05) is 12.3 Å². The topological polar surface area (TPSA) is 26.0 Å². The van der Waals surface area contributed by atoms with E-state index in [1.54, 1.807) is 0 Å². The first-order valence-electron chi connectivity index (χ1n) is 6.74. The van der Waals surface area contributed by atoms with Gasteiger partial charge in [0.25, 0.3) is 0 Å². The molecule has 0 spiro atoms. The summed E-state index contributed by atoms with van der Waals surface area (Å²) in [6.45, 7) is 5.02. The lowest BCUT2D eigenvalue weighted by molar-refractivity contribution is -0.0329. The zero-order chi connectivity index (χ0) is 13.8. The molecule has 1 nitrogen and oxygen atoms in total. The third kappa shape index (κ3) is 5.39. The summed E-state index contributed by atoms with van der Waals surface area (Å²) in [7, 11) is 0. The standard InChI is InChI=1S/C13H24F3NS/c1-9(2)10-3-4-12(8-17)11(7-10)5-6-18-13(14,15)16/h9-12H,3-8,17H2,1-2H3. The maximum absolute atomic E-state index is 12.1. The summed E-state index contributed by atoms with van der Waals surface area (Å²) in [6, 6.07) is 0. The molecule has 0 bridgehead atoms. The van der Waals surface area contributed by atoms with Crippen LogP contribution in [0.15, 0.2) is 0 Å². The van der Waals surface area contributed by atoms with E-state index in [1.165, 1.54) is 6.42 Å². The lowest BCUT2D eigenvalue weighted by Crippen LogP contribution is -2.32. The molecule has 3 unspecified atom stereocenters. The molecule has 0 heterocycles. The molecule has 0 radical (unpaired) electrons. The fraction of sp³-hybridized carbons (Fsp3) is 1.00. The second kappa shape index (κ2) is 7.04. The van der Waals surface area contributed by atoms with Crippen LogP contribution in [0.4, 0.5) is 13.2 Å². The van der Waals surface area contributed by atoms with Crippen molar-refractivity contribution in [2.24, 2.45) is 29.4 Å². The Labute approximate surface area is 112 Å². The number of hydrogen-bond donors (Lipinski definition) is 1. The molecule has 1 saturated carbocycles. The van der Waals surface area contributed by atoms with Crippen LogP contribution in [0, 0.1) is 23.7 Å². The molecule has 1 aliphatic carbocycles. The van der Waals surface area contributed by atoms with Gasteiger partial charge in [0, 0.05) is 5.75 Å². The maximum atomic E-state index is 12.1. The monoisotopic (exact) mass is 283 g/mol. The Morgan fingerprint density at radius 1 is 1.22 bits per heavy atom. The van der Waals surface area contributed by atoms with Gasteiger partial charge in [-0.1, -0.05) is 25.6 Å². The SMILES string of the molecule is CC(C)C1CCC(CN)C(CCSC(F)(F)F)C1. The Balaban J connectivity index is 2.43. The van der Waals surface area contributed by atoms with Gasteiger partial charge in [-0.2, -0.15) is 13.2 Å². The van der Waals surface area contributed by atoms with Gasteiger partial charge in [0.2, 0.25) is 0 Å². The normalized spacial score (nSPS) is 29.8. The van der Waals surface area contributed by atoms with Gasteiger partial charge in [-0.05, 0) is 55.9 Å². The number of hydrogen-bond acceptors (Lipinski definition) is 2. The van der Waals surface area contributed by atoms with E-state index in [9.17, 15) is 13.2 Å². The summed E-state index contributed by atoms with van der Waals surface area (Å²) in [5.74, 6) is 2.27. The van der Waals surface area contributed by atoms with E-state index < -0.39 is 5.51 Å². The van der Waals surface area contributed by atoms with Gasteiger partial charge in [0.05, 0.1) is 0 Å². The van der Waals surface area contributed by atoms with E-state index in [0.29, 0.717) is 36.6 Å². The van der Waals surface area contributed by atoms with E-state index >= 15 is 0 Å². The largest absolute Gasteiger partial charge is 0.441 e. The fourth-order valence-corrected chi connectivity index (χ4v) is 3.61. The highest BCUT2D eigenvalue weighted by Crippen LogP contribution is 2.40. The van der Waals surface area contributed by atoms with Crippen LogP contribution in [0.25, 0.3) is 0 Å². The third-order valence-electron chi connectivity index (χ3n) is 4.18. The van der Waals surface area contributed by atoms with Crippen LogP contribution in [0.3, 0.4) is 0 Å². The van der Waals surface area contributed by atoms with Crippen LogP contribution >= 0.6 is 11.8 Å². The van der Waals surface area contributed by atoms with E-state index in [0.717, 1.165) is 12.8 Å². The zero-order valence-electron chi connectivity index (χ0n) is 11.2. The minimum Gasteiger partial charge on any atom is -0.330 e. The molecule has 5 heteroatoms. The van der Waals surface area contributed by atoms with Gasteiger partial charge < -0.3 is 5.73 Å². The fourth-order valence-electron chi connectivity index (χ4n) is 2.96. The average molecular weight is 283 g/mol. The highest BCUT2D eigenvalue weighted by Gasteiger charge is 2.33. The second-order valence-corrected chi connectivity index (χ2v) is 6.82. The van der Waals surface area contributed by atoms with E-state index in [4.69, 9.17) is 5.73 Å². The molecule has 0 aromatic carbocycles. The molecule has 0 aromatic rings. The van der Waals surface area contributed by atoms with Crippen molar-refractivity contribution in [3.8, 4) is 0 Å². The minimum absolute atomic E-state index is 0.109. The van der Waals surface area contributed by atoms with Crippen molar-refractivity contribution in [3.63, 3.8) is 0 Å². The van der Waals surface area contributed by atoms with Crippen molar-refractivity contribution >= 4 is 11.8 Å². The predicted molar refractivity (Wildman–Crippen MR) is 71.3 cm³/mol. The van der Waals surface area contributed by atoms with Crippen molar-refractivity contribution in [1.29, 1.82) is 0 Å². The molecule has 1 rings (SSSR count). The molecule has 3 atom stereocenters. The Morgan fingerprint density at radius 2 is 1.89 bits per heavy atom. The van der Waals surface area contributed by atoms with E-state index in [-0.39, 0.29) is 17.5 Å². The van der Waals surface area contributed by atoms with Gasteiger partial charge in [-0.3, -0.25) is 0 Å². The number of thioether (sulfide) groups is 1. The number of halogens is 3. The van der Waals surface area contributed by atoms with Crippen LogP contribution in [0.2, 0.25) is 0 Å². The maximum Gasteiger partial charge on any atom is 0.441 e. The summed E-state index contributed by atoms with van der Waals surface area (Å²) in [4.78, 5) is 0. The first-order valence-corrected chi connectivity index (χ1v) is 7.72. The molecule has 108 valence electrons. The van der Waals surface area contributed by atoms with E-state index in [1.807, 2.05) is 0 Å². The number of rotatable bonds is 5. The number of alkyl halides is 3. The first-order chi connectivity index (χ1) is 8.33.